The van der Waals surface area contributed by atoms with E-state index < -0.39 is 34.8 Å². The summed E-state index contributed by atoms with van der Waals surface area (Å²) in [6.45, 7) is 10.9. The van der Waals surface area contributed by atoms with Gasteiger partial charge in [-0.05, 0) is 0 Å². The van der Waals surface area contributed by atoms with Gasteiger partial charge in [-0.3, -0.25) is 0 Å². The molecule has 6 rings (SSSR count). The molecule has 4 nitrogen and oxygen atoms in total. The van der Waals surface area contributed by atoms with Crippen LogP contribution in [0.15, 0.2) is 0 Å². The summed E-state index contributed by atoms with van der Waals surface area (Å²) in [5, 5.41) is 0. The molecule has 0 saturated heterocycles. The standard InChI is InChI=1S/2C18H33OSi.2C4H9O.Ti/c2*19-20(16-10-4-1-5-11-16,17-12-6-2-7-13-17)18-14-8-3-9-15-18;2*1-4(2)3-5;/h2*16-18H,1-15H2;2*4H,3H2,1-2H3;/q4*-1;+4. The summed E-state index contributed by atoms with van der Waals surface area (Å²) < 4.78 is 32.9. The number of hydrogen-bond donors (Lipinski definition) is 0. The fourth-order valence-corrected chi connectivity index (χ4v) is 39.3. The first-order chi connectivity index (χ1) is 24.9. The summed E-state index contributed by atoms with van der Waals surface area (Å²) in [6.07, 6.45) is 42.3. The van der Waals surface area contributed by atoms with E-state index in [0.717, 1.165) is 46.5 Å². The van der Waals surface area contributed by atoms with Crippen molar-refractivity contribution in [2.45, 2.75) is 254 Å². The molecule has 7 heteroatoms. The van der Waals surface area contributed by atoms with Gasteiger partial charge in [-0.1, -0.05) is 0 Å². The van der Waals surface area contributed by atoms with E-state index in [4.69, 9.17) is 12.7 Å². The Hall–Kier alpha value is 0.988. The Morgan fingerprint density at radius 3 is 0.725 bits per heavy atom. The average Bonchev–Trinajstić information content (AvgIpc) is 3.19. The Kier molecular flexibility index (Phi) is 16.7. The van der Waals surface area contributed by atoms with E-state index in [2.05, 4.69) is 27.7 Å². The van der Waals surface area contributed by atoms with Crippen LogP contribution in [0.3, 0.4) is 0 Å². The van der Waals surface area contributed by atoms with Crippen molar-refractivity contribution in [1.29, 1.82) is 0 Å². The van der Waals surface area contributed by atoms with Crippen molar-refractivity contribution < 1.29 is 30.8 Å². The van der Waals surface area contributed by atoms with Crippen molar-refractivity contribution in [3.63, 3.8) is 0 Å². The van der Waals surface area contributed by atoms with Crippen LogP contribution in [-0.4, -0.2) is 29.8 Å². The summed E-state index contributed by atoms with van der Waals surface area (Å²) in [5.41, 5.74) is 4.62. The van der Waals surface area contributed by atoms with Crippen LogP contribution in [0.1, 0.15) is 220 Å². The second kappa shape index (κ2) is 20.4. The van der Waals surface area contributed by atoms with Gasteiger partial charge >= 0.3 is 326 Å². The quantitative estimate of drug-likeness (QED) is 0.146. The van der Waals surface area contributed by atoms with E-state index >= 15 is 0 Å². The van der Waals surface area contributed by atoms with Crippen molar-refractivity contribution in [2.24, 2.45) is 11.8 Å². The maximum atomic E-state index is 8.77. The summed E-state index contributed by atoms with van der Waals surface area (Å²) >= 11 is -4.36. The van der Waals surface area contributed by atoms with Crippen molar-refractivity contribution in [1.82, 2.24) is 0 Å². The molecule has 0 bridgehead atoms. The zero-order valence-corrected chi connectivity index (χ0v) is 37.9. The van der Waals surface area contributed by atoms with Gasteiger partial charge in [-0.2, -0.15) is 0 Å². The molecule has 0 aromatic rings. The van der Waals surface area contributed by atoms with Gasteiger partial charge in [0.05, 0.1) is 0 Å². The molecule has 0 aliphatic heterocycles. The molecule has 0 atom stereocenters. The average molecular weight is 781 g/mol. The van der Waals surface area contributed by atoms with Crippen LogP contribution >= 0.6 is 0 Å². The molecule has 0 spiro atoms. The van der Waals surface area contributed by atoms with Gasteiger partial charge in [0.2, 0.25) is 0 Å². The minimum atomic E-state index is -4.36. The van der Waals surface area contributed by atoms with Gasteiger partial charge in [0.15, 0.2) is 0 Å². The predicted octanol–water partition coefficient (Wildman–Crippen LogP) is 15.1. The van der Waals surface area contributed by atoms with Crippen LogP contribution in [0.25, 0.3) is 0 Å². The zero-order chi connectivity index (χ0) is 35.6. The first-order valence-corrected chi connectivity index (χ1v) is 30.4. The topological polar surface area (TPSA) is 36.9 Å². The Balaban J connectivity index is 1.53. The fourth-order valence-electron chi connectivity index (χ4n) is 13.0. The van der Waals surface area contributed by atoms with Crippen molar-refractivity contribution in [3.05, 3.63) is 0 Å². The van der Waals surface area contributed by atoms with E-state index in [1.807, 2.05) is 0 Å². The summed E-state index contributed by atoms with van der Waals surface area (Å²) in [6, 6.07) is 0. The molecule has 51 heavy (non-hydrogen) atoms. The van der Waals surface area contributed by atoms with Gasteiger partial charge in [-0.15, -0.1) is 0 Å². The summed E-state index contributed by atoms with van der Waals surface area (Å²) in [4.78, 5) is 0. The fraction of sp³-hybridized carbons (Fsp3) is 1.00. The number of rotatable bonds is 16. The molecule has 0 aromatic heterocycles. The molecule has 0 amide bonds. The zero-order valence-electron chi connectivity index (χ0n) is 34.4. The van der Waals surface area contributed by atoms with Gasteiger partial charge in [0.25, 0.3) is 0 Å². The first kappa shape index (κ1) is 41.6. The molecule has 0 heterocycles. The van der Waals surface area contributed by atoms with Crippen LogP contribution in [-0.2, 0) is 30.8 Å². The van der Waals surface area contributed by atoms with Crippen molar-refractivity contribution >= 4 is 16.6 Å². The van der Waals surface area contributed by atoms with Gasteiger partial charge < -0.3 is 0 Å². The van der Waals surface area contributed by atoms with Gasteiger partial charge in [0, 0.05) is 0 Å². The van der Waals surface area contributed by atoms with Gasteiger partial charge in [0.1, 0.15) is 0 Å². The molecule has 0 aromatic carbocycles. The molecule has 0 unspecified atom stereocenters. The first-order valence-electron chi connectivity index (χ1n) is 23.6. The van der Waals surface area contributed by atoms with E-state index in [1.54, 1.807) is 0 Å². The molecule has 6 aliphatic rings. The SMILES string of the molecule is CC(C)C[O][Ti]([O]CC(C)C)([O][Si](C1CCCCC1)(C1CCCCC1)C1CCCCC1)[O][Si](C1CCCCC1)(C1CCCCC1)C1CCCCC1. The molecule has 296 valence electrons. The molecule has 0 N–H and O–H groups in total. The molecular formula is C44H84O4Si2Ti. The third kappa shape index (κ3) is 10.3. The Bertz CT molecular complexity index is 805. The molecular weight excluding hydrogens is 697 g/mol. The van der Waals surface area contributed by atoms with Gasteiger partial charge in [-0.25, -0.2) is 0 Å². The van der Waals surface area contributed by atoms with Crippen molar-refractivity contribution in [3.8, 4) is 0 Å². The Labute approximate surface area is 324 Å². The summed E-state index contributed by atoms with van der Waals surface area (Å²) in [5.74, 6) is 0.908. The third-order valence-electron chi connectivity index (χ3n) is 15.2. The van der Waals surface area contributed by atoms with E-state index in [1.165, 1.54) is 193 Å². The van der Waals surface area contributed by atoms with Crippen LogP contribution < -0.4 is 0 Å². The van der Waals surface area contributed by atoms with Crippen molar-refractivity contribution in [2.75, 3.05) is 13.2 Å². The van der Waals surface area contributed by atoms with E-state index in [-0.39, 0.29) is 0 Å². The molecule has 6 aliphatic carbocycles. The predicted molar refractivity (Wildman–Crippen MR) is 216 cm³/mol. The van der Waals surface area contributed by atoms with Crippen LogP contribution in [0, 0.1) is 11.8 Å². The normalized spacial score (nSPS) is 26.0. The monoisotopic (exact) mass is 781 g/mol. The van der Waals surface area contributed by atoms with Crippen LogP contribution in [0.5, 0.6) is 0 Å². The third-order valence-corrected chi connectivity index (χ3v) is 34.9. The number of hydrogen-bond acceptors (Lipinski definition) is 4. The second-order valence-corrected chi connectivity index (χ2v) is 32.9. The van der Waals surface area contributed by atoms with Crippen LogP contribution in [0.2, 0.25) is 33.2 Å². The second-order valence-electron chi connectivity index (χ2n) is 19.8. The maximum absolute atomic E-state index is 8.77. The van der Waals surface area contributed by atoms with E-state index in [9.17, 15) is 0 Å². The Morgan fingerprint density at radius 2 is 0.549 bits per heavy atom. The van der Waals surface area contributed by atoms with Crippen LogP contribution in [0.4, 0.5) is 0 Å². The minimum absolute atomic E-state index is 0.454. The molecule has 0 radical (unpaired) electrons. The molecule has 6 saturated carbocycles. The molecule has 6 fully saturated rings. The Morgan fingerprint density at radius 1 is 0.353 bits per heavy atom. The van der Waals surface area contributed by atoms with E-state index in [0.29, 0.717) is 11.8 Å². The summed E-state index contributed by atoms with van der Waals surface area (Å²) in [7, 11) is -4.78.